The minimum Gasteiger partial charge on any atom is -0.508 e. The molecule has 0 spiro atoms. The van der Waals surface area contributed by atoms with Crippen molar-refractivity contribution in [2.24, 2.45) is 0 Å². The zero-order valence-electron chi connectivity index (χ0n) is 13.9. The maximum absolute atomic E-state index is 9.83. The summed E-state index contributed by atoms with van der Waals surface area (Å²) in [6, 6.07) is 21.5. The van der Waals surface area contributed by atoms with Crippen molar-refractivity contribution < 1.29 is 10.2 Å². The Kier molecular flexibility index (Phi) is 3.94. The molecule has 2 nitrogen and oxygen atoms in total. The maximum atomic E-state index is 9.83. The van der Waals surface area contributed by atoms with Gasteiger partial charge in [-0.2, -0.15) is 0 Å². The van der Waals surface area contributed by atoms with Crippen LogP contribution in [0.4, 0.5) is 0 Å². The highest BCUT2D eigenvalue weighted by molar-refractivity contribution is 7.22. The van der Waals surface area contributed by atoms with Gasteiger partial charge in [0.15, 0.2) is 0 Å². The molecule has 0 amide bonds. The predicted octanol–water partition coefficient (Wildman–Crippen LogP) is 5.88. The number of aryl methyl sites for hydroxylation is 1. The molecular formula is C22H18O2S. The summed E-state index contributed by atoms with van der Waals surface area (Å²) in [5, 5.41) is 20.6. The van der Waals surface area contributed by atoms with Gasteiger partial charge >= 0.3 is 0 Å². The van der Waals surface area contributed by atoms with Crippen molar-refractivity contribution in [3.63, 3.8) is 0 Å². The van der Waals surface area contributed by atoms with Gasteiger partial charge in [-0.3, -0.25) is 0 Å². The van der Waals surface area contributed by atoms with Crippen molar-refractivity contribution >= 4 is 21.4 Å². The summed E-state index contributed by atoms with van der Waals surface area (Å²) < 4.78 is 1.07. The summed E-state index contributed by atoms with van der Waals surface area (Å²) in [6.07, 6.45) is 0.835. The Morgan fingerprint density at radius 1 is 0.800 bits per heavy atom. The first-order valence-corrected chi connectivity index (χ1v) is 9.01. The van der Waals surface area contributed by atoms with Gasteiger partial charge in [-0.1, -0.05) is 29.8 Å². The highest BCUT2D eigenvalue weighted by Gasteiger charge is 2.15. The van der Waals surface area contributed by atoms with Crippen LogP contribution in [0.5, 0.6) is 11.5 Å². The van der Waals surface area contributed by atoms with Crippen molar-refractivity contribution in [3.8, 4) is 21.9 Å². The lowest BCUT2D eigenvalue weighted by molar-refractivity contribution is 0.475. The standard InChI is InChI=1S/C22H18O2S/c1-14-2-4-15(5-3-14)12-20-19-11-10-18(24)13-21(19)25-22(20)16-6-8-17(23)9-7-16/h2-11,13,23-24H,12H2,1H3. The first-order chi connectivity index (χ1) is 12.1. The van der Waals surface area contributed by atoms with Crippen LogP contribution in [0, 0.1) is 6.92 Å². The van der Waals surface area contributed by atoms with Crippen molar-refractivity contribution in [1.82, 2.24) is 0 Å². The van der Waals surface area contributed by atoms with E-state index in [-0.39, 0.29) is 11.5 Å². The average molecular weight is 346 g/mol. The second kappa shape index (κ2) is 6.26. The van der Waals surface area contributed by atoms with Crippen LogP contribution in [0.15, 0.2) is 66.7 Å². The van der Waals surface area contributed by atoms with Gasteiger partial charge < -0.3 is 10.2 Å². The summed E-state index contributed by atoms with van der Waals surface area (Å²) in [7, 11) is 0. The van der Waals surface area contributed by atoms with E-state index in [0.717, 1.165) is 16.7 Å². The summed E-state index contributed by atoms with van der Waals surface area (Å²) in [6.45, 7) is 2.09. The molecule has 4 aromatic rings. The molecule has 0 radical (unpaired) electrons. The van der Waals surface area contributed by atoms with Gasteiger partial charge in [0.1, 0.15) is 11.5 Å². The fraction of sp³-hybridized carbons (Fsp3) is 0.0909. The Bertz CT molecular complexity index is 1030. The second-order valence-electron chi connectivity index (χ2n) is 6.30. The Morgan fingerprint density at radius 2 is 1.48 bits per heavy atom. The zero-order chi connectivity index (χ0) is 17.4. The van der Waals surface area contributed by atoms with E-state index >= 15 is 0 Å². The van der Waals surface area contributed by atoms with Gasteiger partial charge in [-0.25, -0.2) is 0 Å². The third-order valence-electron chi connectivity index (χ3n) is 4.41. The minimum absolute atomic E-state index is 0.266. The van der Waals surface area contributed by atoms with Gasteiger partial charge in [-0.15, -0.1) is 11.3 Å². The molecule has 0 aliphatic carbocycles. The Hall–Kier alpha value is -2.78. The monoisotopic (exact) mass is 346 g/mol. The van der Waals surface area contributed by atoms with Crippen LogP contribution in [-0.4, -0.2) is 10.2 Å². The quantitative estimate of drug-likeness (QED) is 0.486. The summed E-state index contributed by atoms with van der Waals surface area (Å²) in [5.74, 6) is 0.551. The largest absolute Gasteiger partial charge is 0.508 e. The zero-order valence-corrected chi connectivity index (χ0v) is 14.7. The van der Waals surface area contributed by atoms with Gasteiger partial charge in [-0.05, 0) is 77.9 Å². The molecule has 1 heterocycles. The lowest BCUT2D eigenvalue weighted by Crippen LogP contribution is -1.90. The number of phenolic OH excluding ortho intramolecular Hbond substituents is 2. The fourth-order valence-corrected chi connectivity index (χ4v) is 4.33. The molecule has 4 rings (SSSR count). The maximum Gasteiger partial charge on any atom is 0.117 e. The number of fused-ring (bicyclic) bond motifs is 1. The van der Waals surface area contributed by atoms with E-state index in [9.17, 15) is 10.2 Å². The molecule has 0 saturated heterocycles. The number of aromatic hydroxyl groups is 2. The first kappa shape index (κ1) is 15.7. The predicted molar refractivity (Wildman–Crippen MR) is 105 cm³/mol. The average Bonchev–Trinajstić information content (AvgIpc) is 2.95. The topological polar surface area (TPSA) is 40.5 Å². The number of hydrogen-bond donors (Lipinski definition) is 2. The van der Waals surface area contributed by atoms with E-state index in [0.29, 0.717) is 0 Å². The fourth-order valence-electron chi connectivity index (χ4n) is 3.07. The number of rotatable bonds is 3. The molecule has 3 heteroatoms. The van der Waals surface area contributed by atoms with Crippen molar-refractivity contribution in [2.75, 3.05) is 0 Å². The van der Waals surface area contributed by atoms with Gasteiger partial charge in [0.05, 0.1) is 0 Å². The van der Waals surface area contributed by atoms with E-state index in [1.807, 2.05) is 24.3 Å². The Labute approximate surface area is 150 Å². The molecule has 0 fully saturated rings. The molecule has 0 saturated carbocycles. The highest BCUT2D eigenvalue weighted by atomic mass is 32.1. The van der Waals surface area contributed by atoms with E-state index < -0.39 is 0 Å². The molecule has 0 bridgehead atoms. The van der Waals surface area contributed by atoms with E-state index in [1.165, 1.54) is 27.0 Å². The highest BCUT2D eigenvalue weighted by Crippen LogP contribution is 2.41. The van der Waals surface area contributed by atoms with Gasteiger partial charge in [0, 0.05) is 9.58 Å². The first-order valence-electron chi connectivity index (χ1n) is 8.19. The lowest BCUT2D eigenvalue weighted by atomic mass is 9.98. The van der Waals surface area contributed by atoms with Crippen LogP contribution in [-0.2, 0) is 6.42 Å². The van der Waals surface area contributed by atoms with E-state index in [1.54, 1.807) is 29.5 Å². The number of benzene rings is 3. The molecule has 0 aliphatic rings. The molecule has 0 unspecified atom stereocenters. The van der Waals surface area contributed by atoms with Gasteiger partial charge in [0.2, 0.25) is 0 Å². The van der Waals surface area contributed by atoms with E-state index in [2.05, 4.69) is 31.2 Å². The normalized spacial score (nSPS) is 11.1. The molecule has 0 aliphatic heterocycles. The summed E-state index contributed by atoms with van der Waals surface area (Å²) >= 11 is 1.68. The van der Waals surface area contributed by atoms with Crippen LogP contribution in [0.3, 0.4) is 0 Å². The van der Waals surface area contributed by atoms with Crippen LogP contribution in [0.1, 0.15) is 16.7 Å². The summed E-state index contributed by atoms with van der Waals surface area (Å²) in [5.41, 5.74) is 4.86. The van der Waals surface area contributed by atoms with Crippen LogP contribution in [0.25, 0.3) is 20.5 Å². The lowest BCUT2D eigenvalue weighted by Gasteiger charge is -2.07. The van der Waals surface area contributed by atoms with Crippen LogP contribution >= 0.6 is 11.3 Å². The molecule has 0 atom stereocenters. The molecule has 2 N–H and O–H groups in total. The molecule has 3 aromatic carbocycles. The molecule has 124 valence electrons. The number of thiophene rings is 1. The number of phenols is 2. The Morgan fingerprint density at radius 3 is 2.20 bits per heavy atom. The van der Waals surface area contributed by atoms with E-state index in [4.69, 9.17) is 0 Å². The van der Waals surface area contributed by atoms with Crippen molar-refractivity contribution in [3.05, 3.63) is 83.4 Å². The smallest absolute Gasteiger partial charge is 0.117 e. The van der Waals surface area contributed by atoms with Crippen molar-refractivity contribution in [2.45, 2.75) is 13.3 Å². The molecular weight excluding hydrogens is 328 g/mol. The molecule has 25 heavy (non-hydrogen) atoms. The summed E-state index contributed by atoms with van der Waals surface area (Å²) in [4.78, 5) is 1.18. The number of hydrogen-bond acceptors (Lipinski definition) is 3. The van der Waals surface area contributed by atoms with Crippen LogP contribution in [0.2, 0.25) is 0 Å². The van der Waals surface area contributed by atoms with Gasteiger partial charge in [0.25, 0.3) is 0 Å². The third-order valence-corrected chi connectivity index (χ3v) is 5.65. The Balaban J connectivity index is 1.88. The third kappa shape index (κ3) is 3.11. The van der Waals surface area contributed by atoms with Crippen LogP contribution < -0.4 is 0 Å². The minimum atomic E-state index is 0.266. The van der Waals surface area contributed by atoms with Crippen molar-refractivity contribution in [1.29, 1.82) is 0 Å². The molecule has 1 aromatic heterocycles. The second-order valence-corrected chi connectivity index (χ2v) is 7.35. The SMILES string of the molecule is Cc1ccc(Cc2c(-c3ccc(O)cc3)sc3cc(O)ccc23)cc1.